The average Bonchev–Trinajstić information content (AvgIpc) is 2.95. The molecule has 2 aliphatic heterocycles. The minimum atomic E-state index is -0.516. The second-order valence-electron chi connectivity index (χ2n) is 12.2. The molecule has 4 aliphatic rings. The quantitative estimate of drug-likeness (QED) is 0.537. The van der Waals surface area contributed by atoms with Crippen molar-refractivity contribution < 1.29 is 19.2 Å². The van der Waals surface area contributed by atoms with Crippen LogP contribution in [0.4, 0.5) is 10.5 Å². The van der Waals surface area contributed by atoms with Crippen LogP contribution in [0, 0.1) is 17.3 Å². The third-order valence-corrected chi connectivity index (χ3v) is 10.00. The molecule has 8 nitrogen and oxygen atoms in total. The average molecular weight is 557 g/mol. The van der Waals surface area contributed by atoms with E-state index < -0.39 is 6.03 Å². The van der Waals surface area contributed by atoms with Crippen LogP contribution in [0.5, 0.6) is 0 Å². The Kier molecular flexibility index (Phi) is 8.50. The Morgan fingerprint density at radius 2 is 1.69 bits per heavy atom. The van der Waals surface area contributed by atoms with Crippen molar-refractivity contribution in [2.75, 3.05) is 38.1 Å². The molecule has 0 unspecified atom stereocenters. The van der Waals surface area contributed by atoms with Crippen LogP contribution in [0.1, 0.15) is 87.4 Å². The first kappa shape index (κ1) is 27.9. The predicted octanol–water partition coefficient (Wildman–Crippen LogP) is 5.24. The first-order valence-corrected chi connectivity index (χ1v) is 15.1. The molecular formula is C30H41ClN4O4. The lowest BCUT2D eigenvalue weighted by Gasteiger charge is -2.46. The normalized spacial score (nSPS) is 22.6. The number of piperidine rings is 1. The van der Waals surface area contributed by atoms with E-state index in [9.17, 15) is 19.2 Å². The lowest BCUT2D eigenvalue weighted by atomic mass is 9.65. The number of halogens is 1. The van der Waals surface area contributed by atoms with Crippen molar-refractivity contribution >= 4 is 41.0 Å². The van der Waals surface area contributed by atoms with Crippen LogP contribution in [-0.4, -0.2) is 66.8 Å². The maximum atomic E-state index is 13.4. The van der Waals surface area contributed by atoms with Gasteiger partial charge >= 0.3 is 6.03 Å². The van der Waals surface area contributed by atoms with Crippen LogP contribution < -0.4 is 10.2 Å². The number of urea groups is 1. The van der Waals surface area contributed by atoms with Crippen LogP contribution in [0.3, 0.4) is 0 Å². The molecule has 1 aromatic carbocycles. The maximum Gasteiger partial charge on any atom is 0.328 e. The number of likely N-dealkylation sites (tertiary alicyclic amines) is 1. The van der Waals surface area contributed by atoms with E-state index in [1.54, 1.807) is 18.2 Å². The number of carbonyl (C=O) groups is 4. The van der Waals surface area contributed by atoms with E-state index in [0.29, 0.717) is 33.5 Å². The summed E-state index contributed by atoms with van der Waals surface area (Å²) >= 11 is 6.37. The molecule has 5 amide bonds. The number of benzene rings is 1. The molecule has 4 fully saturated rings. The summed E-state index contributed by atoms with van der Waals surface area (Å²) in [6.07, 6.45) is 12.6. The van der Waals surface area contributed by atoms with Crippen LogP contribution in [-0.2, 0) is 9.59 Å². The van der Waals surface area contributed by atoms with E-state index in [1.807, 2.05) is 16.8 Å². The Labute approximate surface area is 236 Å². The Hall–Kier alpha value is -2.61. The summed E-state index contributed by atoms with van der Waals surface area (Å²) in [6, 6.07) is 4.51. The van der Waals surface area contributed by atoms with Gasteiger partial charge in [-0.25, -0.2) is 4.79 Å². The smallest absolute Gasteiger partial charge is 0.328 e. The summed E-state index contributed by atoms with van der Waals surface area (Å²) < 4.78 is 0. The van der Waals surface area contributed by atoms with Gasteiger partial charge in [0.25, 0.3) is 5.91 Å². The number of amides is 5. The van der Waals surface area contributed by atoms with Crippen LogP contribution in [0.15, 0.2) is 18.2 Å². The number of hydrogen-bond acceptors (Lipinski definition) is 4. The molecule has 2 aliphatic carbocycles. The molecule has 2 heterocycles. The molecule has 2 saturated heterocycles. The molecule has 2 saturated carbocycles. The first-order valence-electron chi connectivity index (χ1n) is 14.7. The van der Waals surface area contributed by atoms with Crippen molar-refractivity contribution in [3.05, 3.63) is 28.8 Å². The van der Waals surface area contributed by atoms with Gasteiger partial charge in [0.1, 0.15) is 0 Å². The van der Waals surface area contributed by atoms with Crippen LogP contribution in [0.25, 0.3) is 0 Å². The Balaban J connectivity index is 1.12. The zero-order valence-corrected chi connectivity index (χ0v) is 23.8. The van der Waals surface area contributed by atoms with Gasteiger partial charge in [0, 0.05) is 51.1 Å². The molecule has 1 N–H and O–H groups in total. The Bertz CT molecular complexity index is 1100. The fraction of sp³-hybridized carbons (Fsp3) is 0.667. The lowest BCUT2D eigenvalue weighted by molar-refractivity contribution is -0.136. The number of rotatable bonds is 5. The molecule has 0 atom stereocenters. The zero-order valence-electron chi connectivity index (χ0n) is 23.1. The highest BCUT2D eigenvalue weighted by Gasteiger charge is 2.40. The van der Waals surface area contributed by atoms with Gasteiger partial charge in [-0.2, -0.15) is 0 Å². The highest BCUT2D eigenvalue weighted by Crippen LogP contribution is 2.46. The van der Waals surface area contributed by atoms with Crippen molar-refractivity contribution in [3.8, 4) is 0 Å². The third kappa shape index (κ3) is 6.26. The van der Waals surface area contributed by atoms with Crippen LogP contribution >= 0.6 is 11.6 Å². The van der Waals surface area contributed by atoms with Crippen molar-refractivity contribution in [3.63, 3.8) is 0 Å². The molecule has 1 aromatic rings. The van der Waals surface area contributed by atoms with E-state index in [-0.39, 0.29) is 30.7 Å². The van der Waals surface area contributed by atoms with Crippen molar-refractivity contribution in [2.24, 2.45) is 17.3 Å². The Morgan fingerprint density at radius 1 is 1.00 bits per heavy atom. The van der Waals surface area contributed by atoms with Gasteiger partial charge in [0.2, 0.25) is 11.8 Å². The van der Waals surface area contributed by atoms with Crippen molar-refractivity contribution in [1.82, 2.24) is 15.1 Å². The van der Waals surface area contributed by atoms with E-state index in [0.717, 1.165) is 58.2 Å². The molecule has 0 aromatic heterocycles. The number of imide groups is 1. The fourth-order valence-electron chi connectivity index (χ4n) is 7.12. The lowest BCUT2D eigenvalue weighted by Crippen LogP contribution is -2.49. The second-order valence-corrected chi connectivity index (χ2v) is 12.6. The molecular weight excluding hydrogens is 516 g/mol. The van der Waals surface area contributed by atoms with Gasteiger partial charge in [0.05, 0.1) is 10.7 Å². The standard InChI is InChI=1S/C30H41ClN4O4/c1-33(27(37)22-5-3-2-4-6-22)20-21-9-12-30(13-10-21)14-17-34(18-15-30)28(38)23-7-8-24(31)25(19-23)35-16-11-26(36)32-29(35)39/h7-8,19,21-22H,2-6,9-18,20H2,1H3,(H,32,36,39). The molecule has 1 spiro atoms. The van der Waals surface area contributed by atoms with Crippen molar-refractivity contribution in [1.29, 1.82) is 0 Å². The molecule has 5 rings (SSSR count). The van der Waals surface area contributed by atoms with Gasteiger partial charge in [-0.1, -0.05) is 30.9 Å². The van der Waals surface area contributed by atoms with Crippen molar-refractivity contribution in [2.45, 2.75) is 77.0 Å². The van der Waals surface area contributed by atoms with Gasteiger partial charge in [-0.15, -0.1) is 0 Å². The monoisotopic (exact) mass is 556 g/mol. The first-order chi connectivity index (χ1) is 18.7. The van der Waals surface area contributed by atoms with Crippen LogP contribution in [0.2, 0.25) is 5.02 Å². The SMILES string of the molecule is CN(CC1CCC2(CC1)CCN(C(=O)c1ccc(Cl)c(N3CCC(=O)NC3=O)c1)CC2)C(=O)C1CCCCC1. The summed E-state index contributed by atoms with van der Waals surface area (Å²) in [7, 11) is 1.99. The maximum absolute atomic E-state index is 13.4. The zero-order chi connectivity index (χ0) is 27.6. The molecule has 0 radical (unpaired) electrons. The largest absolute Gasteiger partial charge is 0.345 e. The summed E-state index contributed by atoms with van der Waals surface area (Å²) in [4.78, 5) is 55.5. The number of nitrogens with zero attached hydrogens (tertiary/aromatic N) is 3. The number of anilines is 1. The third-order valence-electron chi connectivity index (χ3n) is 9.68. The summed E-state index contributed by atoms with van der Waals surface area (Å²) in [5, 5.41) is 2.68. The van der Waals surface area contributed by atoms with Gasteiger partial charge < -0.3 is 9.80 Å². The molecule has 39 heavy (non-hydrogen) atoms. The summed E-state index contributed by atoms with van der Waals surface area (Å²) in [5.74, 6) is 0.797. The van der Waals surface area contributed by atoms with E-state index in [1.165, 1.54) is 37.0 Å². The minimum Gasteiger partial charge on any atom is -0.345 e. The predicted molar refractivity (Wildman–Crippen MR) is 151 cm³/mol. The molecule has 212 valence electrons. The fourth-order valence-corrected chi connectivity index (χ4v) is 7.34. The number of nitrogens with one attached hydrogen (secondary N) is 1. The highest BCUT2D eigenvalue weighted by atomic mass is 35.5. The highest BCUT2D eigenvalue weighted by molar-refractivity contribution is 6.34. The molecule has 0 bridgehead atoms. The topological polar surface area (TPSA) is 90.0 Å². The minimum absolute atomic E-state index is 0.0483. The second kappa shape index (κ2) is 11.9. The van der Waals surface area contributed by atoms with Gasteiger partial charge in [-0.05, 0) is 80.9 Å². The summed E-state index contributed by atoms with van der Waals surface area (Å²) in [6.45, 7) is 2.55. The summed E-state index contributed by atoms with van der Waals surface area (Å²) in [5.41, 5.74) is 1.25. The number of hydrogen-bond donors (Lipinski definition) is 1. The van der Waals surface area contributed by atoms with Gasteiger partial charge in [-0.3, -0.25) is 24.6 Å². The van der Waals surface area contributed by atoms with E-state index in [4.69, 9.17) is 11.6 Å². The van der Waals surface area contributed by atoms with E-state index >= 15 is 0 Å². The van der Waals surface area contributed by atoms with Gasteiger partial charge in [0.15, 0.2) is 0 Å². The van der Waals surface area contributed by atoms with E-state index in [2.05, 4.69) is 5.32 Å². The Morgan fingerprint density at radius 3 is 2.36 bits per heavy atom. The molecule has 9 heteroatoms. The number of carbonyl (C=O) groups excluding carboxylic acids is 4.